The van der Waals surface area contributed by atoms with Gasteiger partial charge in [-0.2, -0.15) is 4.98 Å². The van der Waals surface area contributed by atoms with Gasteiger partial charge >= 0.3 is 0 Å². The molecule has 0 atom stereocenters. The van der Waals surface area contributed by atoms with E-state index in [1.807, 2.05) is 13.0 Å². The van der Waals surface area contributed by atoms with Gasteiger partial charge in [-0.15, -0.1) is 0 Å². The van der Waals surface area contributed by atoms with Crippen molar-refractivity contribution in [3.8, 4) is 0 Å². The Morgan fingerprint density at radius 2 is 2.00 bits per heavy atom. The third-order valence-electron chi connectivity index (χ3n) is 3.35. The van der Waals surface area contributed by atoms with Gasteiger partial charge < -0.3 is 10.6 Å². The van der Waals surface area contributed by atoms with Gasteiger partial charge in [0.2, 0.25) is 5.95 Å². The molecule has 0 bridgehead atoms. The zero-order chi connectivity index (χ0) is 13.3. The highest BCUT2D eigenvalue weighted by Crippen LogP contribution is 2.31. The Kier molecular flexibility index (Phi) is 3.28. The summed E-state index contributed by atoms with van der Waals surface area (Å²) in [5.41, 5.74) is 8.41. The van der Waals surface area contributed by atoms with E-state index in [1.165, 1.54) is 5.57 Å². The van der Waals surface area contributed by atoms with Crippen molar-refractivity contribution in [1.29, 1.82) is 0 Å². The van der Waals surface area contributed by atoms with E-state index in [9.17, 15) is 0 Å². The van der Waals surface area contributed by atoms with Gasteiger partial charge in [-0.3, -0.25) is 0 Å². The maximum absolute atomic E-state index is 5.70. The molecular formula is C14H22N4. The van der Waals surface area contributed by atoms with Gasteiger partial charge in [0.05, 0.1) is 0 Å². The molecule has 0 amide bonds. The highest BCUT2D eigenvalue weighted by molar-refractivity contribution is 5.45. The summed E-state index contributed by atoms with van der Waals surface area (Å²) < 4.78 is 0. The summed E-state index contributed by atoms with van der Waals surface area (Å²) in [6.45, 7) is 10.6. The van der Waals surface area contributed by atoms with Crippen molar-refractivity contribution in [2.24, 2.45) is 5.41 Å². The van der Waals surface area contributed by atoms with Crippen LogP contribution in [0.3, 0.4) is 0 Å². The van der Waals surface area contributed by atoms with Crippen LogP contribution in [0.5, 0.6) is 0 Å². The lowest BCUT2D eigenvalue weighted by Gasteiger charge is -2.32. The number of hydrogen-bond donors (Lipinski definition) is 1. The van der Waals surface area contributed by atoms with Crippen LogP contribution in [0.25, 0.3) is 0 Å². The van der Waals surface area contributed by atoms with E-state index in [0.717, 1.165) is 31.0 Å². The molecule has 0 radical (unpaired) electrons. The van der Waals surface area contributed by atoms with Crippen molar-refractivity contribution in [2.45, 2.75) is 34.1 Å². The van der Waals surface area contributed by atoms with Crippen LogP contribution in [0.2, 0.25) is 0 Å². The standard InChI is InChI=1S/C14H22N4/c1-10-9-12(17-13(15)16-10)18-7-5-11(6-8-18)14(2,3)4/h5,9H,6-8H2,1-4H3,(H2,15,16,17). The van der Waals surface area contributed by atoms with Gasteiger partial charge in [0, 0.05) is 24.8 Å². The summed E-state index contributed by atoms with van der Waals surface area (Å²) in [6, 6.07) is 1.99. The van der Waals surface area contributed by atoms with E-state index in [0.29, 0.717) is 5.95 Å². The van der Waals surface area contributed by atoms with Gasteiger partial charge in [0.1, 0.15) is 5.82 Å². The fraction of sp³-hybridized carbons (Fsp3) is 0.571. The number of rotatable bonds is 1. The smallest absolute Gasteiger partial charge is 0.222 e. The summed E-state index contributed by atoms with van der Waals surface area (Å²) in [5.74, 6) is 1.29. The summed E-state index contributed by atoms with van der Waals surface area (Å²) in [5, 5.41) is 0. The third-order valence-corrected chi connectivity index (χ3v) is 3.35. The minimum atomic E-state index is 0.271. The fourth-order valence-electron chi connectivity index (χ4n) is 2.29. The molecule has 4 heteroatoms. The van der Waals surface area contributed by atoms with Crippen LogP contribution in [0.1, 0.15) is 32.9 Å². The molecule has 0 spiro atoms. The minimum Gasteiger partial charge on any atom is -0.368 e. The second-order valence-corrected chi connectivity index (χ2v) is 5.90. The van der Waals surface area contributed by atoms with Gasteiger partial charge in [-0.1, -0.05) is 32.4 Å². The van der Waals surface area contributed by atoms with Crippen molar-refractivity contribution in [3.63, 3.8) is 0 Å². The van der Waals surface area contributed by atoms with E-state index in [-0.39, 0.29) is 5.41 Å². The summed E-state index contributed by atoms with van der Waals surface area (Å²) in [7, 11) is 0. The number of anilines is 2. The number of nitrogens with zero attached hydrogens (tertiary/aromatic N) is 3. The van der Waals surface area contributed by atoms with Gasteiger partial charge in [0.25, 0.3) is 0 Å². The molecule has 0 saturated heterocycles. The maximum Gasteiger partial charge on any atom is 0.222 e. The molecule has 1 aromatic heterocycles. The van der Waals surface area contributed by atoms with Crippen LogP contribution >= 0.6 is 0 Å². The molecule has 1 aliphatic rings. The molecular weight excluding hydrogens is 224 g/mol. The molecule has 0 saturated carbocycles. The second-order valence-electron chi connectivity index (χ2n) is 5.90. The molecule has 1 aliphatic heterocycles. The Balaban J connectivity index is 2.17. The molecule has 0 aliphatic carbocycles. The lowest BCUT2D eigenvalue weighted by Crippen LogP contribution is -2.32. The van der Waals surface area contributed by atoms with Gasteiger partial charge in [-0.05, 0) is 18.8 Å². The van der Waals surface area contributed by atoms with E-state index in [4.69, 9.17) is 5.73 Å². The monoisotopic (exact) mass is 246 g/mol. The van der Waals surface area contributed by atoms with Crippen LogP contribution in [-0.4, -0.2) is 23.1 Å². The molecule has 2 rings (SSSR count). The Labute approximate surface area is 109 Å². The third kappa shape index (κ3) is 2.81. The van der Waals surface area contributed by atoms with Crippen molar-refractivity contribution < 1.29 is 0 Å². The van der Waals surface area contributed by atoms with Gasteiger partial charge in [-0.25, -0.2) is 4.98 Å². The van der Waals surface area contributed by atoms with Crippen molar-refractivity contribution in [1.82, 2.24) is 9.97 Å². The zero-order valence-electron chi connectivity index (χ0n) is 11.7. The van der Waals surface area contributed by atoms with Crippen LogP contribution in [-0.2, 0) is 0 Å². The van der Waals surface area contributed by atoms with Crippen molar-refractivity contribution >= 4 is 11.8 Å². The van der Waals surface area contributed by atoms with Crippen LogP contribution < -0.4 is 10.6 Å². The minimum absolute atomic E-state index is 0.271. The number of aromatic nitrogens is 2. The van der Waals surface area contributed by atoms with Crippen LogP contribution in [0.4, 0.5) is 11.8 Å². The Hall–Kier alpha value is -1.58. The number of aryl methyl sites for hydroxylation is 1. The molecule has 2 N–H and O–H groups in total. The largest absolute Gasteiger partial charge is 0.368 e. The summed E-state index contributed by atoms with van der Waals surface area (Å²) in [6.07, 6.45) is 3.41. The molecule has 0 unspecified atom stereocenters. The number of hydrogen-bond acceptors (Lipinski definition) is 4. The molecule has 2 heterocycles. The highest BCUT2D eigenvalue weighted by atomic mass is 15.2. The maximum atomic E-state index is 5.70. The molecule has 0 fully saturated rings. The topological polar surface area (TPSA) is 55.0 Å². The highest BCUT2D eigenvalue weighted by Gasteiger charge is 2.22. The first kappa shape index (κ1) is 12.9. The number of nitrogens with two attached hydrogens (primary N) is 1. The zero-order valence-corrected chi connectivity index (χ0v) is 11.7. The first-order chi connectivity index (χ1) is 8.36. The molecule has 98 valence electrons. The van der Waals surface area contributed by atoms with Crippen LogP contribution in [0.15, 0.2) is 17.7 Å². The lowest BCUT2D eigenvalue weighted by molar-refractivity contribution is 0.472. The Morgan fingerprint density at radius 1 is 1.28 bits per heavy atom. The average Bonchev–Trinajstić information content (AvgIpc) is 2.27. The molecule has 1 aromatic rings. The van der Waals surface area contributed by atoms with Gasteiger partial charge in [0.15, 0.2) is 0 Å². The van der Waals surface area contributed by atoms with E-state index < -0.39 is 0 Å². The molecule has 18 heavy (non-hydrogen) atoms. The first-order valence-corrected chi connectivity index (χ1v) is 6.42. The second kappa shape index (κ2) is 4.59. The van der Waals surface area contributed by atoms with E-state index >= 15 is 0 Å². The SMILES string of the molecule is Cc1cc(N2CC=C(C(C)(C)C)CC2)nc(N)n1. The Morgan fingerprint density at radius 3 is 2.50 bits per heavy atom. The predicted octanol–water partition coefficient (Wildman–Crippen LogP) is 2.55. The summed E-state index contributed by atoms with van der Waals surface area (Å²) >= 11 is 0. The fourth-order valence-corrected chi connectivity index (χ4v) is 2.29. The van der Waals surface area contributed by atoms with E-state index in [1.54, 1.807) is 0 Å². The van der Waals surface area contributed by atoms with Crippen molar-refractivity contribution in [3.05, 3.63) is 23.4 Å². The first-order valence-electron chi connectivity index (χ1n) is 6.42. The summed E-state index contributed by atoms with van der Waals surface area (Å²) in [4.78, 5) is 10.7. The molecule has 4 nitrogen and oxygen atoms in total. The average molecular weight is 246 g/mol. The Bertz CT molecular complexity index is 451. The van der Waals surface area contributed by atoms with Crippen molar-refractivity contribution in [2.75, 3.05) is 23.7 Å². The lowest BCUT2D eigenvalue weighted by atomic mass is 9.83. The van der Waals surface area contributed by atoms with Crippen LogP contribution in [0, 0.1) is 12.3 Å². The quantitative estimate of drug-likeness (QED) is 0.774. The molecule has 0 aromatic carbocycles. The van der Waals surface area contributed by atoms with E-state index in [2.05, 4.69) is 41.7 Å². The number of nitrogen functional groups attached to an aromatic ring is 1. The predicted molar refractivity (Wildman–Crippen MR) is 75.5 cm³/mol. The normalized spacial score (nSPS) is 16.7.